The summed E-state index contributed by atoms with van der Waals surface area (Å²) in [6.45, 7) is 5.96. The summed E-state index contributed by atoms with van der Waals surface area (Å²) in [5.74, 6) is 1.19. The van der Waals surface area contributed by atoms with Crippen LogP contribution in [0, 0.1) is 5.92 Å². The molecule has 0 spiro atoms. The minimum Gasteiger partial charge on any atom is -0.356 e. The summed E-state index contributed by atoms with van der Waals surface area (Å²) in [5, 5.41) is 9.07. The first-order valence-corrected chi connectivity index (χ1v) is 7.99. The van der Waals surface area contributed by atoms with E-state index < -0.39 is 11.9 Å². The number of nitrogens with one attached hydrogen (secondary N) is 3. The average Bonchev–Trinajstić information content (AvgIpc) is 2.57. The molecule has 1 aromatic heterocycles. The van der Waals surface area contributed by atoms with Gasteiger partial charge in [-0.25, -0.2) is 9.97 Å². The van der Waals surface area contributed by atoms with E-state index in [1.165, 1.54) is 0 Å². The highest BCUT2D eigenvalue weighted by Crippen LogP contribution is 2.27. The van der Waals surface area contributed by atoms with Gasteiger partial charge in [0.1, 0.15) is 5.69 Å². The molecule has 144 valence electrons. The van der Waals surface area contributed by atoms with E-state index in [1.54, 1.807) is 7.05 Å². The summed E-state index contributed by atoms with van der Waals surface area (Å²) in [4.78, 5) is 11.3. The Morgan fingerprint density at radius 1 is 1.20 bits per heavy atom. The van der Waals surface area contributed by atoms with Crippen molar-refractivity contribution in [2.24, 2.45) is 10.9 Å². The number of anilines is 1. The fourth-order valence-electron chi connectivity index (χ4n) is 2.00. The van der Waals surface area contributed by atoms with Gasteiger partial charge in [-0.15, -0.1) is 24.0 Å². The van der Waals surface area contributed by atoms with Crippen molar-refractivity contribution in [1.82, 2.24) is 20.6 Å². The zero-order chi connectivity index (χ0) is 18.0. The smallest absolute Gasteiger partial charge is 0.356 e. The quantitative estimate of drug-likeness (QED) is 0.234. The largest absolute Gasteiger partial charge is 0.433 e. The second kappa shape index (κ2) is 12.1. The van der Waals surface area contributed by atoms with Gasteiger partial charge in [0, 0.05) is 32.9 Å². The maximum absolute atomic E-state index is 12.6. The highest BCUT2D eigenvalue weighted by atomic mass is 127. The van der Waals surface area contributed by atoms with Crippen molar-refractivity contribution in [1.29, 1.82) is 0 Å². The standard InChI is InChI=1S/C15H25F3N6.HI/c1-4-11(5-2)10-23-13(19-3)21-8-9-22-14-20-7-6-12(24-14)15(16,17)18;/h6-7,11H,4-5,8-10H2,1-3H3,(H2,19,21,23)(H,20,22,24);1H. The lowest BCUT2D eigenvalue weighted by molar-refractivity contribution is -0.141. The van der Waals surface area contributed by atoms with Crippen molar-refractivity contribution in [2.75, 3.05) is 32.0 Å². The lowest BCUT2D eigenvalue weighted by atomic mass is 10.0. The fraction of sp³-hybridized carbons (Fsp3) is 0.667. The number of guanidine groups is 1. The van der Waals surface area contributed by atoms with Crippen LogP contribution in [-0.2, 0) is 6.18 Å². The van der Waals surface area contributed by atoms with E-state index in [9.17, 15) is 13.2 Å². The average molecular weight is 474 g/mol. The molecule has 0 aromatic carbocycles. The highest BCUT2D eigenvalue weighted by molar-refractivity contribution is 14.0. The molecular weight excluding hydrogens is 448 g/mol. The van der Waals surface area contributed by atoms with E-state index in [0.717, 1.165) is 31.6 Å². The normalized spacial score (nSPS) is 11.9. The topological polar surface area (TPSA) is 74.2 Å². The van der Waals surface area contributed by atoms with Gasteiger partial charge in [0.05, 0.1) is 0 Å². The molecule has 0 aliphatic carbocycles. The van der Waals surface area contributed by atoms with Crippen LogP contribution in [0.1, 0.15) is 32.4 Å². The van der Waals surface area contributed by atoms with E-state index in [4.69, 9.17) is 0 Å². The molecule has 25 heavy (non-hydrogen) atoms. The zero-order valence-corrected chi connectivity index (χ0v) is 17.0. The second-order valence-corrected chi connectivity index (χ2v) is 5.25. The third-order valence-corrected chi connectivity index (χ3v) is 3.58. The lowest BCUT2D eigenvalue weighted by Gasteiger charge is -2.16. The first-order chi connectivity index (χ1) is 11.4. The molecule has 1 rings (SSSR count). The molecule has 0 bridgehead atoms. The number of nitrogens with zero attached hydrogens (tertiary/aromatic N) is 3. The van der Waals surface area contributed by atoms with Crippen molar-refractivity contribution >= 4 is 35.9 Å². The van der Waals surface area contributed by atoms with Gasteiger partial charge in [0.2, 0.25) is 5.95 Å². The van der Waals surface area contributed by atoms with Crippen LogP contribution >= 0.6 is 24.0 Å². The van der Waals surface area contributed by atoms with E-state index in [1.807, 2.05) is 0 Å². The third-order valence-electron chi connectivity index (χ3n) is 3.58. The van der Waals surface area contributed by atoms with Crippen LogP contribution in [0.4, 0.5) is 19.1 Å². The van der Waals surface area contributed by atoms with E-state index >= 15 is 0 Å². The van der Waals surface area contributed by atoms with Gasteiger partial charge in [-0.2, -0.15) is 13.2 Å². The monoisotopic (exact) mass is 474 g/mol. The summed E-state index contributed by atoms with van der Waals surface area (Å²) in [6.07, 6.45) is -1.20. The molecule has 3 N–H and O–H groups in total. The van der Waals surface area contributed by atoms with Crippen LogP contribution in [0.5, 0.6) is 0 Å². The Balaban J connectivity index is 0.00000576. The molecule has 0 saturated carbocycles. The molecular formula is C15H26F3IN6. The second-order valence-electron chi connectivity index (χ2n) is 5.25. The molecule has 0 radical (unpaired) electrons. The Labute approximate surface area is 163 Å². The van der Waals surface area contributed by atoms with Gasteiger partial charge >= 0.3 is 6.18 Å². The predicted octanol–water partition coefficient (Wildman–Crippen LogP) is 3.13. The van der Waals surface area contributed by atoms with Gasteiger partial charge in [-0.05, 0) is 12.0 Å². The molecule has 0 unspecified atom stereocenters. The van der Waals surface area contributed by atoms with Crippen LogP contribution in [0.25, 0.3) is 0 Å². The van der Waals surface area contributed by atoms with Crippen molar-refractivity contribution in [2.45, 2.75) is 32.9 Å². The molecule has 10 heteroatoms. The number of alkyl halides is 3. The Hall–Kier alpha value is -1.33. The summed E-state index contributed by atoms with van der Waals surface area (Å²) in [7, 11) is 1.67. The molecule has 0 fully saturated rings. The summed E-state index contributed by atoms with van der Waals surface area (Å²) in [5.41, 5.74) is -0.962. The summed E-state index contributed by atoms with van der Waals surface area (Å²) < 4.78 is 37.7. The Morgan fingerprint density at radius 2 is 1.88 bits per heavy atom. The molecule has 0 saturated heterocycles. The van der Waals surface area contributed by atoms with E-state index in [-0.39, 0.29) is 29.9 Å². The van der Waals surface area contributed by atoms with Crippen LogP contribution in [0.15, 0.2) is 17.3 Å². The van der Waals surface area contributed by atoms with Crippen LogP contribution in [0.3, 0.4) is 0 Å². The number of hydrogen-bond donors (Lipinski definition) is 3. The Kier molecular flexibility index (Phi) is 11.4. The SMILES string of the molecule is CCC(CC)CNC(=NC)NCCNc1nccc(C(F)(F)F)n1.I. The van der Waals surface area contributed by atoms with Crippen molar-refractivity contribution in [3.63, 3.8) is 0 Å². The van der Waals surface area contributed by atoms with Crippen LogP contribution in [0.2, 0.25) is 0 Å². The lowest BCUT2D eigenvalue weighted by Crippen LogP contribution is -2.41. The van der Waals surface area contributed by atoms with Gasteiger partial charge in [-0.1, -0.05) is 26.7 Å². The molecule has 0 atom stereocenters. The van der Waals surface area contributed by atoms with Crippen molar-refractivity contribution < 1.29 is 13.2 Å². The predicted molar refractivity (Wildman–Crippen MR) is 104 cm³/mol. The molecule has 0 amide bonds. The molecule has 1 heterocycles. The van der Waals surface area contributed by atoms with Crippen molar-refractivity contribution in [3.8, 4) is 0 Å². The van der Waals surface area contributed by atoms with Crippen LogP contribution in [-0.4, -0.2) is 42.6 Å². The maximum Gasteiger partial charge on any atom is 0.433 e. The number of halogens is 4. The summed E-state index contributed by atoms with van der Waals surface area (Å²) in [6, 6.07) is 0.840. The highest BCUT2D eigenvalue weighted by Gasteiger charge is 2.32. The molecule has 0 aliphatic heterocycles. The van der Waals surface area contributed by atoms with Gasteiger partial charge in [-0.3, -0.25) is 4.99 Å². The maximum atomic E-state index is 12.6. The third kappa shape index (κ3) is 9.07. The zero-order valence-electron chi connectivity index (χ0n) is 14.7. The molecule has 1 aromatic rings. The summed E-state index contributed by atoms with van der Waals surface area (Å²) >= 11 is 0. The Morgan fingerprint density at radius 3 is 2.44 bits per heavy atom. The minimum absolute atomic E-state index is 0. The number of hydrogen-bond acceptors (Lipinski definition) is 4. The fourth-order valence-corrected chi connectivity index (χ4v) is 2.00. The van der Waals surface area contributed by atoms with Gasteiger partial charge in [0.25, 0.3) is 0 Å². The Bertz CT molecular complexity index is 520. The first-order valence-electron chi connectivity index (χ1n) is 7.99. The molecule has 0 aliphatic rings. The van der Waals surface area contributed by atoms with Gasteiger partial charge < -0.3 is 16.0 Å². The van der Waals surface area contributed by atoms with Crippen LogP contribution < -0.4 is 16.0 Å². The number of aliphatic imine (C=N–C) groups is 1. The first kappa shape index (κ1) is 23.7. The minimum atomic E-state index is -4.47. The number of rotatable bonds is 8. The van der Waals surface area contributed by atoms with E-state index in [0.29, 0.717) is 25.0 Å². The number of aromatic nitrogens is 2. The van der Waals surface area contributed by atoms with E-state index in [2.05, 4.69) is 44.8 Å². The van der Waals surface area contributed by atoms with Crippen molar-refractivity contribution in [3.05, 3.63) is 18.0 Å². The van der Waals surface area contributed by atoms with Gasteiger partial charge in [0.15, 0.2) is 5.96 Å². The molecule has 6 nitrogen and oxygen atoms in total.